The molecule has 17 heavy (non-hydrogen) atoms. The highest BCUT2D eigenvalue weighted by molar-refractivity contribution is 6.32. The van der Waals surface area contributed by atoms with Gasteiger partial charge in [0, 0.05) is 25.2 Å². The Morgan fingerprint density at radius 1 is 1.35 bits per heavy atom. The third kappa shape index (κ3) is 4.75. The zero-order valence-electron chi connectivity index (χ0n) is 10.2. The van der Waals surface area contributed by atoms with Crippen LogP contribution < -0.4 is 4.74 Å². The van der Waals surface area contributed by atoms with E-state index in [1.807, 2.05) is 6.92 Å². The van der Waals surface area contributed by atoms with Crippen molar-refractivity contribution in [2.45, 2.75) is 20.3 Å². The molecule has 1 aromatic rings. The molecular weight excluding hydrogens is 240 g/mol. The highest BCUT2D eigenvalue weighted by atomic mass is 35.5. The molecule has 94 valence electrons. The Morgan fingerprint density at radius 2 is 2.12 bits per heavy atom. The highest BCUT2D eigenvalue weighted by Crippen LogP contribution is 2.25. The van der Waals surface area contributed by atoms with Gasteiger partial charge in [0.25, 0.3) is 0 Å². The maximum atomic E-state index is 11.1. The summed E-state index contributed by atoms with van der Waals surface area (Å²) < 4.78 is 10.7. The molecule has 1 rings (SSSR count). The van der Waals surface area contributed by atoms with Crippen LogP contribution in [-0.2, 0) is 4.74 Å². The lowest BCUT2D eigenvalue weighted by atomic mass is 10.1. The zero-order valence-corrected chi connectivity index (χ0v) is 10.9. The fourth-order valence-corrected chi connectivity index (χ4v) is 1.56. The van der Waals surface area contributed by atoms with Crippen LogP contribution in [0.25, 0.3) is 0 Å². The molecule has 0 aliphatic heterocycles. The first-order valence-electron chi connectivity index (χ1n) is 5.66. The first-order chi connectivity index (χ1) is 8.15. The van der Waals surface area contributed by atoms with Crippen LogP contribution in [0.2, 0.25) is 5.02 Å². The number of Topliss-reactive ketones (excluding diaryl/α,β-unsaturated/α-hetero) is 1. The van der Waals surface area contributed by atoms with Gasteiger partial charge in [0.05, 0.1) is 11.6 Å². The minimum absolute atomic E-state index is 0.00482. The Balaban J connectivity index is 2.46. The van der Waals surface area contributed by atoms with Crippen LogP contribution in [0.1, 0.15) is 30.6 Å². The van der Waals surface area contributed by atoms with E-state index in [9.17, 15) is 4.79 Å². The van der Waals surface area contributed by atoms with Gasteiger partial charge in [-0.3, -0.25) is 4.79 Å². The summed E-state index contributed by atoms with van der Waals surface area (Å²) >= 11 is 6.01. The molecule has 0 amide bonds. The smallest absolute Gasteiger partial charge is 0.159 e. The second kappa shape index (κ2) is 7.30. The van der Waals surface area contributed by atoms with Crippen LogP contribution >= 0.6 is 11.6 Å². The fraction of sp³-hybridized carbons (Fsp3) is 0.462. The monoisotopic (exact) mass is 256 g/mol. The summed E-state index contributed by atoms with van der Waals surface area (Å²) in [6.45, 7) is 5.42. The van der Waals surface area contributed by atoms with Crippen molar-refractivity contribution in [2.24, 2.45) is 0 Å². The fourth-order valence-electron chi connectivity index (χ4n) is 1.32. The van der Waals surface area contributed by atoms with Crippen LogP contribution in [0.5, 0.6) is 5.75 Å². The maximum Gasteiger partial charge on any atom is 0.159 e. The first-order valence-corrected chi connectivity index (χ1v) is 6.04. The number of hydrogen-bond acceptors (Lipinski definition) is 3. The van der Waals surface area contributed by atoms with Gasteiger partial charge in [-0.15, -0.1) is 0 Å². The molecule has 0 bridgehead atoms. The molecule has 0 atom stereocenters. The molecule has 0 saturated carbocycles. The quantitative estimate of drug-likeness (QED) is 0.554. The lowest BCUT2D eigenvalue weighted by Gasteiger charge is -2.08. The van der Waals surface area contributed by atoms with Crippen LogP contribution in [-0.4, -0.2) is 25.6 Å². The van der Waals surface area contributed by atoms with Crippen molar-refractivity contribution >= 4 is 17.4 Å². The van der Waals surface area contributed by atoms with Crippen molar-refractivity contribution in [1.82, 2.24) is 0 Å². The van der Waals surface area contributed by atoms with Crippen LogP contribution in [0.3, 0.4) is 0 Å². The van der Waals surface area contributed by atoms with Crippen molar-refractivity contribution in [1.29, 1.82) is 0 Å². The van der Waals surface area contributed by atoms with Gasteiger partial charge in [-0.2, -0.15) is 0 Å². The van der Waals surface area contributed by atoms with E-state index >= 15 is 0 Å². The number of rotatable bonds is 7. The van der Waals surface area contributed by atoms with Crippen molar-refractivity contribution in [3.05, 3.63) is 28.8 Å². The molecule has 0 spiro atoms. The van der Waals surface area contributed by atoms with Gasteiger partial charge >= 0.3 is 0 Å². The van der Waals surface area contributed by atoms with Gasteiger partial charge in [0.1, 0.15) is 5.75 Å². The third-order valence-electron chi connectivity index (χ3n) is 2.23. The van der Waals surface area contributed by atoms with Crippen molar-refractivity contribution in [2.75, 3.05) is 19.8 Å². The molecule has 0 radical (unpaired) electrons. The van der Waals surface area contributed by atoms with E-state index in [1.54, 1.807) is 18.2 Å². The topological polar surface area (TPSA) is 35.5 Å². The van der Waals surface area contributed by atoms with E-state index in [2.05, 4.69) is 0 Å². The van der Waals surface area contributed by atoms with Gasteiger partial charge in [-0.1, -0.05) is 11.6 Å². The number of ketones is 1. The molecule has 0 N–H and O–H groups in total. The summed E-state index contributed by atoms with van der Waals surface area (Å²) in [6, 6.07) is 5.06. The second-order valence-corrected chi connectivity index (χ2v) is 4.01. The molecule has 0 unspecified atom stereocenters. The average molecular weight is 257 g/mol. The van der Waals surface area contributed by atoms with Crippen molar-refractivity contribution in [3.8, 4) is 5.75 Å². The standard InChI is InChI=1S/C13H17ClO3/c1-3-16-7-4-8-17-13-6-5-11(10(2)15)9-12(13)14/h5-6,9H,3-4,7-8H2,1-2H3. The van der Waals surface area contributed by atoms with E-state index in [-0.39, 0.29) is 5.78 Å². The molecule has 0 fully saturated rings. The first kappa shape index (κ1) is 14.0. The van der Waals surface area contributed by atoms with E-state index in [0.29, 0.717) is 36.2 Å². The molecule has 0 aliphatic carbocycles. The number of hydrogen-bond donors (Lipinski definition) is 0. The second-order valence-electron chi connectivity index (χ2n) is 3.60. The lowest BCUT2D eigenvalue weighted by molar-refractivity contribution is 0.101. The van der Waals surface area contributed by atoms with Gasteiger partial charge in [0.15, 0.2) is 5.78 Å². The van der Waals surface area contributed by atoms with E-state index < -0.39 is 0 Å². The summed E-state index contributed by atoms with van der Waals surface area (Å²) in [6.07, 6.45) is 0.818. The predicted octanol–water partition coefficient (Wildman–Crippen LogP) is 3.35. The molecule has 0 aromatic heterocycles. The number of ether oxygens (including phenoxy) is 2. The summed E-state index contributed by atoms with van der Waals surface area (Å²) in [4.78, 5) is 11.1. The molecular formula is C13H17ClO3. The van der Waals surface area contributed by atoms with Crippen LogP contribution in [0.4, 0.5) is 0 Å². The predicted molar refractivity (Wildman–Crippen MR) is 68.1 cm³/mol. The lowest BCUT2D eigenvalue weighted by Crippen LogP contribution is -2.03. The van der Waals surface area contributed by atoms with Crippen LogP contribution in [0, 0.1) is 0 Å². The summed E-state index contributed by atoms with van der Waals surface area (Å²) in [5.74, 6) is 0.600. The SMILES string of the molecule is CCOCCCOc1ccc(C(C)=O)cc1Cl. The molecule has 1 aromatic carbocycles. The third-order valence-corrected chi connectivity index (χ3v) is 2.53. The largest absolute Gasteiger partial charge is 0.492 e. The normalized spacial score (nSPS) is 10.3. The van der Waals surface area contributed by atoms with Gasteiger partial charge < -0.3 is 9.47 Å². The number of halogens is 1. The highest BCUT2D eigenvalue weighted by Gasteiger charge is 2.05. The molecule has 4 heteroatoms. The average Bonchev–Trinajstić information content (AvgIpc) is 2.30. The number of carbonyl (C=O) groups excluding carboxylic acids is 1. The van der Waals surface area contributed by atoms with Gasteiger partial charge in [0.2, 0.25) is 0 Å². The molecule has 0 saturated heterocycles. The molecule has 0 heterocycles. The van der Waals surface area contributed by atoms with Crippen molar-refractivity contribution in [3.63, 3.8) is 0 Å². The number of benzene rings is 1. The van der Waals surface area contributed by atoms with E-state index in [4.69, 9.17) is 21.1 Å². The Bertz CT molecular complexity index is 377. The summed E-state index contributed by atoms with van der Waals surface area (Å²) in [7, 11) is 0. The van der Waals surface area contributed by atoms with Gasteiger partial charge in [-0.25, -0.2) is 0 Å². The Hall–Kier alpha value is -1.06. The molecule has 3 nitrogen and oxygen atoms in total. The molecule has 0 aliphatic rings. The Kier molecular flexibility index (Phi) is 6.01. The van der Waals surface area contributed by atoms with Crippen LogP contribution in [0.15, 0.2) is 18.2 Å². The zero-order chi connectivity index (χ0) is 12.7. The minimum atomic E-state index is -0.00482. The van der Waals surface area contributed by atoms with Gasteiger partial charge in [-0.05, 0) is 32.0 Å². The summed E-state index contributed by atoms with van der Waals surface area (Å²) in [5, 5.41) is 0.467. The van der Waals surface area contributed by atoms with E-state index in [1.165, 1.54) is 6.92 Å². The van der Waals surface area contributed by atoms with Crippen molar-refractivity contribution < 1.29 is 14.3 Å². The number of carbonyl (C=O) groups is 1. The Morgan fingerprint density at radius 3 is 2.71 bits per heavy atom. The Labute approximate surface area is 107 Å². The maximum absolute atomic E-state index is 11.1. The van der Waals surface area contributed by atoms with E-state index in [0.717, 1.165) is 6.42 Å². The minimum Gasteiger partial charge on any atom is -0.492 e. The summed E-state index contributed by atoms with van der Waals surface area (Å²) in [5.41, 5.74) is 0.594.